The summed E-state index contributed by atoms with van der Waals surface area (Å²) in [5.41, 5.74) is 0. The average molecular weight is 291 g/mol. The van der Waals surface area contributed by atoms with Crippen LogP contribution < -0.4 is 0 Å². The van der Waals surface area contributed by atoms with E-state index >= 15 is 0 Å². The van der Waals surface area contributed by atoms with Crippen molar-refractivity contribution in [3.63, 3.8) is 0 Å². The van der Waals surface area contributed by atoms with Crippen LogP contribution in [0.25, 0.3) is 0 Å². The lowest BCUT2D eigenvalue weighted by atomic mass is 10.6. The Morgan fingerprint density at radius 1 is 1.29 bits per heavy atom. The van der Waals surface area contributed by atoms with E-state index in [4.69, 9.17) is 0 Å². The van der Waals surface area contributed by atoms with Crippen molar-refractivity contribution in [3.05, 3.63) is 20.5 Å². The first-order valence-electron chi connectivity index (χ1n) is 1.51. The number of allylic oxidation sites excluding steroid dienone is 2. The molecule has 0 saturated heterocycles. The molecular weight excluding hydrogens is 288 g/mol. The number of hydrogen-bond donors (Lipinski definition) is 0. The Bertz CT molecular complexity index is 99.5. The van der Waals surface area contributed by atoms with Crippen molar-refractivity contribution < 1.29 is 0 Å². The van der Waals surface area contributed by atoms with Crippen LogP contribution in [0.5, 0.6) is 0 Å². The third-order valence-electron chi connectivity index (χ3n) is 0.360. The Morgan fingerprint density at radius 3 is 1.71 bits per heavy atom. The van der Waals surface area contributed by atoms with Crippen LogP contribution in [0.4, 0.5) is 0 Å². The molecule has 0 atom stereocenters. The smallest absolute Gasteiger partial charge is 0.0745 e. The molecule has 0 aromatic rings. The van der Waals surface area contributed by atoms with Gasteiger partial charge in [-0.1, -0.05) is 12.7 Å². The summed E-state index contributed by atoms with van der Waals surface area (Å²) in [6.45, 7) is 3.52. The van der Waals surface area contributed by atoms with Crippen molar-refractivity contribution in [2.24, 2.45) is 0 Å². The van der Waals surface area contributed by atoms with Crippen molar-refractivity contribution in [2.45, 2.75) is 0 Å². The second-order valence-electron chi connectivity index (χ2n) is 0.812. The average Bonchev–Trinajstić information content (AvgIpc) is 1.65. The number of halogens is 3. The molecule has 3 heteroatoms. The van der Waals surface area contributed by atoms with Gasteiger partial charge in [0, 0.05) is 4.48 Å². The fraction of sp³-hybridized carbons (Fsp3) is 0. The molecule has 0 amide bonds. The van der Waals surface area contributed by atoms with E-state index < -0.39 is 0 Å². The molecule has 0 aliphatic carbocycles. The van der Waals surface area contributed by atoms with E-state index in [1.54, 1.807) is 6.08 Å². The first kappa shape index (κ1) is 7.92. The maximum Gasteiger partial charge on any atom is 0.0745 e. The molecule has 0 aromatic carbocycles. The largest absolute Gasteiger partial charge is 0.0979 e. The highest BCUT2D eigenvalue weighted by Gasteiger charge is 1.86. The molecular formula is C4H3Br3. The van der Waals surface area contributed by atoms with Crippen LogP contribution in [0.1, 0.15) is 0 Å². The molecule has 0 N–H and O–H groups in total. The second kappa shape index (κ2) is 3.87. The van der Waals surface area contributed by atoms with Gasteiger partial charge < -0.3 is 0 Å². The molecule has 0 nitrogen and oxygen atoms in total. The van der Waals surface area contributed by atoms with E-state index in [1.807, 2.05) is 0 Å². The van der Waals surface area contributed by atoms with Gasteiger partial charge in [0.1, 0.15) is 0 Å². The highest BCUT2D eigenvalue weighted by atomic mass is 79.9. The fourth-order valence-corrected chi connectivity index (χ4v) is 0.401. The molecule has 0 rings (SSSR count). The van der Waals surface area contributed by atoms with Gasteiger partial charge in [0.25, 0.3) is 0 Å². The standard InChI is InChI=1S/C4H3Br3/c1-2-3(5)4(6)7/h2H,1H2. The van der Waals surface area contributed by atoms with E-state index in [9.17, 15) is 0 Å². The number of rotatable bonds is 1. The van der Waals surface area contributed by atoms with Crippen molar-refractivity contribution in [2.75, 3.05) is 0 Å². The van der Waals surface area contributed by atoms with Crippen LogP contribution in [0.15, 0.2) is 20.5 Å². The maximum atomic E-state index is 3.52. The predicted molar refractivity (Wildman–Crippen MR) is 44.0 cm³/mol. The van der Waals surface area contributed by atoms with Crippen molar-refractivity contribution in [3.8, 4) is 0 Å². The zero-order valence-corrected chi connectivity index (χ0v) is 8.18. The lowest BCUT2D eigenvalue weighted by Gasteiger charge is -1.83. The summed E-state index contributed by atoms with van der Waals surface area (Å²) >= 11 is 9.57. The van der Waals surface area contributed by atoms with Crippen molar-refractivity contribution in [1.29, 1.82) is 0 Å². The summed E-state index contributed by atoms with van der Waals surface area (Å²) in [5, 5.41) is 0. The van der Waals surface area contributed by atoms with Gasteiger partial charge in [-0.3, -0.25) is 0 Å². The molecule has 0 fully saturated rings. The minimum atomic E-state index is 0.884. The summed E-state index contributed by atoms with van der Waals surface area (Å²) in [4.78, 5) is 0. The van der Waals surface area contributed by atoms with E-state index in [0.29, 0.717) is 0 Å². The van der Waals surface area contributed by atoms with Crippen LogP contribution in [0, 0.1) is 0 Å². The molecule has 0 bridgehead atoms. The van der Waals surface area contributed by atoms with E-state index in [-0.39, 0.29) is 0 Å². The van der Waals surface area contributed by atoms with Gasteiger partial charge in [0.2, 0.25) is 0 Å². The van der Waals surface area contributed by atoms with Gasteiger partial charge in [0.15, 0.2) is 0 Å². The first-order chi connectivity index (χ1) is 3.18. The second-order valence-corrected chi connectivity index (χ2v) is 4.32. The third-order valence-corrected chi connectivity index (χ3v) is 3.00. The lowest BCUT2D eigenvalue weighted by Crippen LogP contribution is -1.55. The summed E-state index contributed by atoms with van der Waals surface area (Å²) in [6, 6.07) is 0. The topological polar surface area (TPSA) is 0 Å². The maximum absolute atomic E-state index is 3.52. The van der Waals surface area contributed by atoms with E-state index in [2.05, 4.69) is 54.4 Å². The van der Waals surface area contributed by atoms with Crippen molar-refractivity contribution in [1.82, 2.24) is 0 Å². The zero-order chi connectivity index (χ0) is 5.86. The van der Waals surface area contributed by atoms with Gasteiger partial charge in [-0.15, -0.1) is 0 Å². The Morgan fingerprint density at radius 2 is 1.71 bits per heavy atom. The first-order valence-corrected chi connectivity index (χ1v) is 3.89. The minimum Gasteiger partial charge on any atom is -0.0979 e. The van der Waals surface area contributed by atoms with Crippen LogP contribution in [-0.2, 0) is 0 Å². The van der Waals surface area contributed by atoms with E-state index in [0.717, 1.165) is 7.87 Å². The Hall–Kier alpha value is 0.920. The van der Waals surface area contributed by atoms with Crippen LogP contribution in [0.2, 0.25) is 0 Å². The molecule has 0 radical (unpaired) electrons. The monoisotopic (exact) mass is 288 g/mol. The molecule has 0 heterocycles. The molecule has 0 aliphatic rings. The van der Waals surface area contributed by atoms with Crippen molar-refractivity contribution >= 4 is 47.8 Å². The van der Waals surface area contributed by atoms with Crippen LogP contribution >= 0.6 is 47.8 Å². The lowest BCUT2D eigenvalue weighted by molar-refractivity contribution is 2.05. The molecule has 0 saturated carbocycles. The van der Waals surface area contributed by atoms with Gasteiger partial charge in [-0.2, -0.15) is 0 Å². The Labute approximate surface area is 68.1 Å². The minimum absolute atomic E-state index is 0.884. The molecule has 40 valence electrons. The highest BCUT2D eigenvalue weighted by Crippen LogP contribution is 2.23. The summed E-state index contributed by atoms with van der Waals surface area (Å²) < 4.78 is 1.81. The van der Waals surface area contributed by atoms with Gasteiger partial charge >= 0.3 is 0 Å². The Kier molecular flexibility index (Phi) is 4.37. The third kappa shape index (κ3) is 3.50. The van der Waals surface area contributed by atoms with Gasteiger partial charge in [0.05, 0.1) is 3.39 Å². The number of hydrogen-bond acceptors (Lipinski definition) is 0. The normalized spacial score (nSPS) is 7.86. The van der Waals surface area contributed by atoms with Crippen LogP contribution in [0.3, 0.4) is 0 Å². The SMILES string of the molecule is C=CC(Br)=C(Br)Br. The summed E-state index contributed by atoms with van der Waals surface area (Å²) in [7, 11) is 0. The molecule has 0 unspecified atom stereocenters. The zero-order valence-electron chi connectivity index (χ0n) is 3.42. The predicted octanol–water partition coefficient (Wildman–Crippen LogP) is 3.53. The Balaban J connectivity index is 3.98. The molecule has 0 aliphatic heterocycles. The molecule has 0 spiro atoms. The molecule has 7 heavy (non-hydrogen) atoms. The summed E-state index contributed by atoms with van der Waals surface area (Å²) in [6.07, 6.45) is 1.69. The van der Waals surface area contributed by atoms with E-state index in [1.165, 1.54) is 0 Å². The van der Waals surface area contributed by atoms with Gasteiger partial charge in [-0.05, 0) is 47.8 Å². The quantitative estimate of drug-likeness (QED) is 0.648. The summed E-state index contributed by atoms with van der Waals surface area (Å²) in [5.74, 6) is 0. The fourth-order valence-electron chi connectivity index (χ4n) is 0.0772. The molecule has 0 aromatic heterocycles. The van der Waals surface area contributed by atoms with Gasteiger partial charge in [-0.25, -0.2) is 0 Å². The highest BCUT2D eigenvalue weighted by molar-refractivity contribution is 9.29. The van der Waals surface area contributed by atoms with Crippen LogP contribution in [-0.4, -0.2) is 0 Å².